The fourth-order valence-corrected chi connectivity index (χ4v) is 3.36. The molecule has 2 rings (SSSR count). The van der Waals surface area contributed by atoms with Gasteiger partial charge in [-0.05, 0) is 42.3 Å². The lowest BCUT2D eigenvalue weighted by atomic mass is 10.0. The highest BCUT2D eigenvalue weighted by Gasteiger charge is 2.21. The van der Waals surface area contributed by atoms with E-state index in [9.17, 15) is 17.6 Å². The molecule has 140 valence electrons. The molecule has 0 aliphatic carbocycles. The fourth-order valence-electron chi connectivity index (χ4n) is 2.50. The second-order valence-electron chi connectivity index (χ2n) is 6.04. The second kappa shape index (κ2) is 8.62. The number of sulfonamides is 1. The predicted octanol–water partition coefficient (Wildman–Crippen LogP) is 3.34. The minimum atomic E-state index is -3.52. The first-order valence-electron chi connectivity index (χ1n) is 7.91. The lowest BCUT2D eigenvalue weighted by Crippen LogP contribution is -2.34. The van der Waals surface area contributed by atoms with Crippen molar-refractivity contribution in [1.82, 2.24) is 10.0 Å². The van der Waals surface area contributed by atoms with E-state index < -0.39 is 16.1 Å². The maximum atomic E-state index is 13.0. The third-order valence-electron chi connectivity index (χ3n) is 3.77. The quantitative estimate of drug-likeness (QED) is 0.751. The highest BCUT2D eigenvalue weighted by Crippen LogP contribution is 2.21. The van der Waals surface area contributed by atoms with Gasteiger partial charge in [0.25, 0.3) is 0 Å². The van der Waals surface area contributed by atoms with Gasteiger partial charge in [-0.25, -0.2) is 17.5 Å². The number of hydrogen-bond donors (Lipinski definition) is 2. The van der Waals surface area contributed by atoms with Crippen molar-refractivity contribution < 1.29 is 17.6 Å². The summed E-state index contributed by atoms with van der Waals surface area (Å²) in [6, 6.07) is 11.4. The largest absolute Gasteiger partial charge is 0.350 e. The number of amides is 1. The Labute approximate surface area is 157 Å². The van der Waals surface area contributed by atoms with E-state index in [1.54, 1.807) is 43.3 Å². The molecule has 0 aliphatic heterocycles. The zero-order valence-electron chi connectivity index (χ0n) is 14.4. The first-order valence-corrected chi connectivity index (χ1v) is 10.2. The molecule has 0 saturated carbocycles. The van der Waals surface area contributed by atoms with Crippen LogP contribution in [0.4, 0.5) is 4.39 Å². The van der Waals surface area contributed by atoms with Crippen LogP contribution >= 0.6 is 11.6 Å². The van der Waals surface area contributed by atoms with E-state index in [1.165, 1.54) is 12.1 Å². The Kier molecular flexibility index (Phi) is 6.75. The van der Waals surface area contributed by atoms with E-state index in [-0.39, 0.29) is 24.2 Å². The second-order valence-corrected chi connectivity index (χ2v) is 8.26. The van der Waals surface area contributed by atoms with Gasteiger partial charge in [0.2, 0.25) is 15.9 Å². The number of carbonyl (C=O) groups is 1. The lowest BCUT2D eigenvalue weighted by molar-refractivity contribution is -0.122. The summed E-state index contributed by atoms with van der Waals surface area (Å²) in [5.41, 5.74) is 1.38. The van der Waals surface area contributed by atoms with E-state index in [4.69, 9.17) is 11.6 Å². The standard InChI is InChI=1S/C18H20ClFN2O3S/c1-12(13-5-9-16(20)10-6-13)21-18(23)11-17(22-26(2,24)25)14-3-7-15(19)8-4-14/h3-10,12,17,22H,11H2,1-2H3,(H,21,23). The van der Waals surface area contributed by atoms with Crippen LogP contribution in [0.15, 0.2) is 48.5 Å². The van der Waals surface area contributed by atoms with E-state index >= 15 is 0 Å². The highest BCUT2D eigenvalue weighted by atomic mass is 35.5. The Balaban J connectivity index is 2.10. The number of benzene rings is 2. The first-order chi connectivity index (χ1) is 12.1. The van der Waals surface area contributed by atoms with Crippen LogP contribution in [0.1, 0.15) is 36.6 Å². The summed E-state index contributed by atoms with van der Waals surface area (Å²) in [6.45, 7) is 1.77. The van der Waals surface area contributed by atoms with Gasteiger partial charge < -0.3 is 5.32 Å². The van der Waals surface area contributed by atoms with Crippen LogP contribution in [-0.2, 0) is 14.8 Å². The Morgan fingerprint density at radius 2 is 1.62 bits per heavy atom. The summed E-state index contributed by atoms with van der Waals surface area (Å²) >= 11 is 5.86. The zero-order chi connectivity index (χ0) is 19.3. The minimum Gasteiger partial charge on any atom is -0.350 e. The molecule has 0 heterocycles. The third-order valence-corrected chi connectivity index (χ3v) is 4.73. The van der Waals surface area contributed by atoms with Crippen molar-refractivity contribution in [3.8, 4) is 0 Å². The summed E-state index contributed by atoms with van der Waals surface area (Å²) < 4.78 is 38.7. The third kappa shape index (κ3) is 6.40. The molecule has 26 heavy (non-hydrogen) atoms. The van der Waals surface area contributed by atoms with Crippen molar-refractivity contribution in [2.45, 2.75) is 25.4 Å². The summed E-state index contributed by atoms with van der Waals surface area (Å²) in [5, 5.41) is 3.31. The number of hydrogen-bond acceptors (Lipinski definition) is 3. The molecular formula is C18H20ClFN2O3S. The predicted molar refractivity (Wildman–Crippen MR) is 99.7 cm³/mol. The van der Waals surface area contributed by atoms with E-state index in [0.29, 0.717) is 10.6 Å². The molecule has 0 aromatic heterocycles. The fraction of sp³-hybridized carbons (Fsp3) is 0.278. The topological polar surface area (TPSA) is 75.3 Å². The number of nitrogens with one attached hydrogen (secondary N) is 2. The van der Waals surface area contributed by atoms with Crippen LogP contribution in [-0.4, -0.2) is 20.6 Å². The summed E-state index contributed by atoms with van der Waals surface area (Å²) in [7, 11) is -3.52. The van der Waals surface area contributed by atoms with Gasteiger partial charge in [0.1, 0.15) is 5.82 Å². The smallest absolute Gasteiger partial charge is 0.222 e. The average molecular weight is 399 g/mol. The maximum absolute atomic E-state index is 13.0. The van der Waals surface area contributed by atoms with Gasteiger partial charge in [0.15, 0.2) is 0 Å². The van der Waals surface area contributed by atoms with Crippen molar-refractivity contribution in [3.05, 3.63) is 70.5 Å². The van der Waals surface area contributed by atoms with Crippen molar-refractivity contribution in [2.75, 3.05) is 6.26 Å². The molecule has 2 aromatic rings. The Morgan fingerprint density at radius 1 is 1.08 bits per heavy atom. The number of carbonyl (C=O) groups excluding carboxylic acids is 1. The lowest BCUT2D eigenvalue weighted by Gasteiger charge is -2.20. The number of halogens is 2. The highest BCUT2D eigenvalue weighted by molar-refractivity contribution is 7.88. The Morgan fingerprint density at radius 3 is 2.15 bits per heavy atom. The molecule has 2 aromatic carbocycles. The van der Waals surface area contributed by atoms with Crippen LogP contribution in [0.25, 0.3) is 0 Å². The molecule has 2 atom stereocenters. The van der Waals surface area contributed by atoms with Crippen LogP contribution < -0.4 is 10.0 Å². The monoisotopic (exact) mass is 398 g/mol. The average Bonchev–Trinajstić information content (AvgIpc) is 2.54. The molecule has 1 amide bonds. The molecule has 0 fully saturated rings. The molecule has 0 radical (unpaired) electrons. The molecule has 8 heteroatoms. The van der Waals surface area contributed by atoms with Gasteiger partial charge in [0.05, 0.1) is 18.3 Å². The molecular weight excluding hydrogens is 379 g/mol. The van der Waals surface area contributed by atoms with Crippen LogP contribution in [0.5, 0.6) is 0 Å². The van der Waals surface area contributed by atoms with E-state index in [2.05, 4.69) is 10.0 Å². The van der Waals surface area contributed by atoms with Gasteiger partial charge in [-0.1, -0.05) is 35.9 Å². The van der Waals surface area contributed by atoms with Crippen LogP contribution in [0, 0.1) is 5.82 Å². The summed E-state index contributed by atoms with van der Waals surface area (Å²) in [5.74, 6) is -0.689. The van der Waals surface area contributed by atoms with Crippen molar-refractivity contribution in [2.24, 2.45) is 0 Å². The Hall–Kier alpha value is -1.96. The number of rotatable bonds is 7. The maximum Gasteiger partial charge on any atom is 0.222 e. The van der Waals surface area contributed by atoms with Crippen molar-refractivity contribution >= 4 is 27.5 Å². The summed E-state index contributed by atoms with van der Waals surface area (Å²) in [6.07, 6.45) is 0.954. The first kappa shape index (κ1) is 20.4. The van der Waals surface area contributed by atoms with Crippen LogP contribution in [0.3, 0.4) is 0 Å². The van der Waals surface area contributed by atoms with Gasteiger partial charge in [-0.3, -0.25) is 4.79 Å². The van der Waals surface area contributed by atoms with Crippen molar-refractivity contribution in [1.29, 1.82) is 0 Å². The van der Waals surface area contributed by atoms with Gasteiger partial charge in [-0.15, -0.1) is 0 Å². The minimum absolute atomic E-state index is 0.0831. The van der Waals surface area contributed by atoms with E-state index in [0.717, 1.165) is 11.8 Å². The molecule has 0 spiro atoms. The molecule has 2 unspecified atom stereocenters. The van der Waals surface area contributed by atoms with Gasteiger partial charge in [0, 0.05) is 11.4 Å². The SMILES string of the molecule is CC(NC(=O)CC(NS(C)(=O)=O)c1ccc(Cl)cc1)c1ccc(F)cc1. The zero-order valence-corrected chi connectivity index (χ0v) is 15.9. The van der Waals surface area contributed by atoms with Crippen molar-refractivity contribution in [3.63, 3.8) is 0 Å². The molecule has 2 N–H and O–H groups in total. The van der Waals surface area contributed by atoms with Gasteiger partial charge in [-0.2, -0.15) is 0 Å². The molecule has 0 saturated heterocycles. The summed E-state index contributed by atoms with van der Waals surface area (Å²) in [4.78, 5) is 12.4. The van der Waals surface area contributed by atoms with Crippen LogP contribution in [0.2, 0.25) is 5.02 Å². The van der Waals surface area contributed by atoms with Gasteiger partial charge >= 0.3 is 0 Å². The molecule has 0 aliphatic rings. The van der Waals surface area contributed by atoms with E-state index in [1.807, 2.05) is 0 Å². The Bertz CT molecular complexity index is 855. The molecule has 0 bridgehead atoms. The molecule has 5 nitrogen and oxygen atoms in total. The normalized spacial score (nSPS) is 13.8.